The van der Waals surface area contributed by atoms with Crippen molar-refractivity contribution in [2.24, 2.45) is 0 Å². The Labute approximate surface area is 113 Å². The van der Waals surface area contributed by atoms with Crippen LogP contribution in [0.1, 0.15) is 29.3 Å². The van der Waals surface area contributed by atoms with Crippen LogP contribution in [0.3, 0.4) is 0 Å². The average Bonchev–Trinajstić information content (AvgIpc) is 2.84. The molecule has 0 spiro atoms. The van der Waals surface area contributed by atoms with Crippen LogP contribution in [0.25, 0.3) is 0 Å². The van der Waals surface area contributed by atoms with Crippen molar-refractivity contribution >= 4 is 27.3 Å². The van der Waals surface area contributed by atoms with Crippen molar-refractivity contribution in [3.05, 3.63) is 38.3 Å². The van der Waals surface area contributed by atoms with E-state index in [4.69, 9.17) is 0 Å². The molecule has 1 N–H and O–H groups in total. The highest BCUT2D eigenvalue weighted by atomic mass is 79.9. The molecule has 0 fully saturated rings. The molecule has 1 unspecified atom stereocenters. The van der Waals surface area contributed by atoms with Crippen molar-refractivity contribution in [3.8, 4) is 0 Å². The van der Waals surface area contributed by atoms with E-state index < -0.39 is 6.10 Å². The minimum atomic E-state index is -0.485. The summed E-state index contributed by atoms with van der Waals surface area (Å²) in [5.74, 6) is 0. The maximum atomic E-state index is 10.2. The number of aryl methyl sites for hydroxylation is 2. The minimum absolute atomic E-state index is 0.485. The first-order valence-corrected chi connectivity index (χ1v) is 7.22. The predicted octanol–water partition coefficient (Wildman–Crippen LogP) is 3.31. The summed E-state index contributed by atoms with van der Waals surface area (Å²) in [4.78, 5) is 1.17. The Balaban J connectivity index is 2.16. The zero-order chi connectivity index (χ0) is 12.4. The number of hydrogen-bond acceptors (Lipinski definition) is 3. The molecular formula is C12H15BrN2OS. The molecular weight excluding hydrogens is 300 g/mol. The highest BCUT2D eigenvalue weighted by molar-refractivity contribution is 9.10. The standard InChI is InChI=1S/C12H15BrN2OS/c1-3-15-11(4-8(2)14-15)12(16)6-10-5-9(13)7-17-10/h4-5,7,12,16H,3,6H2,1-2H3. The third-order valence-electron chi connectivity index (χ3n) is 2.59. The average molecular weight is 315 g/mol. The summed E-state index contributed by atoms with van der Waals surface area (Å²) < 4.78 is 2.94. The van der Waals surface area contributed by atoms with Crippen molar-refractivity contribution in [3.63, 3.8) is 0 Å². The Morgan fingerprint density at radius 2 is 2.29 bits per heavy atom. The number of aliphatic hydroxyl groups excluding tert-OH is 1. The number of aliphatic hydroxyl groups is 1. The zero-order valence-electron chi connectivity index (χ0n) is 9.85. The second-order valence-electron chi connectivity index (χ2n) is 3.98. The fourth-order valence-corrected chi connectivity index (χ4v) is 3.33. The highest BCUT2D eigenvalue weighted by Crippen LogP contribution is 2.25. The largest absolute Gasteiger partial charge is 0.386 e. The Bertz CT molecular complexity index is 506. The van der Waals surface area contributed by atoms with Gasteiger partial charge < -0.3 is 5.11 Å². The van der Waals surface area contributed by atoms with Gasteiger partial charge in [0.25, 0.3) is 0 Å². The maximum absolute atomic E-state index is 10.2. The van der Waals surface area contributed by atoms with Gasteiger partial charge in [0.1, 0.15) is 6.10 Å². The van der Waals surface area contributed by atoms with Gasteiger partial charge in [-0.3, -0.25) is 4.68 Å². The molecule has 0 aromatic carbocycles. The molecule has 2 heterocycles. The first-order chi connectivity index (χ1) is 8.10. The van der Waals surface area contributed by atoms with E-state index in [-0.39, 0.29) is 0 Å². The van der Waals surface area contributed by atoms with E-state index in [2.05, 4.69) is 21.0 Å². The lowest BCUT2D eigenvalue weighted by atomic mass is 10.1. The number of rotatable bonds is 4. The molecule has 0 radical (unpaired) electrons. The molecule has 2 aromatic heterocycles. The lowest BCUT2D eigenvalue weighted by Crippen LogP contribution is -2.09. The summed E-state index contributed by atoms with van der Waals surface area (Å²) in [6, 6.07) is 4.00. The van der Waals surface area contributed by atoms with Crippen LogP contribution in [0.4, 0.5) is 0 Å². The summed E-state index contributed by atoms with van der Waals surface area (Å²) in [7, 11) is 0. The molecule has 2 aromatic rings. The van der Waals surface area contributed by atoms with Gasteiger partial charge in [-0.2, -0.15) is 5.10 Å². The summed E-state index contributed by atoms with van der Waals surface area (Å²) >= 11 is 5.08. The molecule has 17 heavy (non-hydrogen) atoms. The molecule has 0 aliphatic carbocycles. The van der Waals surface area contributed by atoms with E-state index in [9.17, 15) is 5.11 Å². The van der Waals surface area contributed by atoms with Crippen LogP contribution in [0.2, 0.25) is 0 Å². The number of hydrogen-bond donors (Lipinski definition) is 1. The fourth-order valence-electron chi connectivity index (χ4n) is 1.84. The van der Waals surface area contributed by atoms with Gasteiger partial charge in [-0.25, -0.2) is 0 Å². The van der Waals surface area contributed by atoms with Crippen molar-refractivity contribution in [2.75, 3.05) is 0 Å². The van der Waals surface area contributed by atoms with Crippen molar-refractivity contribution < 1.29 is 5.11 Å². The monoisotopic (exact) mass is 314 g/mol. The zero-order valence-corrected chi connectivity index (χ0v) is 12.3. The van der Waals surface area contributed by atoms with Gasteiger partial charge in [-0.05, 0) is 41.9 Å². The summed E-state index contributed by atoms with van der Waals surface area (Å²) in [5, 5.41) is 16.6. The number of thiophene rings is 1. The molecule has 0 saturated carbocycles. The summed E-state index contributed by atoms with van der Waals surface area (Å²) in [5.41, 5.74) is 1.85. The lowest BCUT2D eigenvalue weighted by molar-refractivity contribution is 0.168. The SMILES string of the molecule is CCn1nc(C)cc1C(O)Cc1cc(Br)cs1. The number of halogens is 1. The molecule has 5 heteroatoms. The van der Waals surface area contributed by atoms with Crippen molar-refractivity contribution in [1.82, 2.24) is 9.78 Å². The molecule has 0 amide bonds. The lowest BCUT2D eigenvalue weighted by Gasteiger charge is -2.11. The first-order valence-electron chi connectivity index (χ1n) is 5.55. The molecule has 92 valence electrons. The normalized spacial score (nSPS) is 12.9. The molecule has 1 atom stereocenters. The Kier molecular flexibility index (Phi) is 4.01. The maximum Gasteiger partial charge on any atom is 0.100 e. The third kappa shape index (κ3) is 2.97. The molecule has 3 nitrogen and oxygen atoms in total. The van der Waals surface area contributed by atoms with Gasteiger partial charge in [-0.1, -0.05) is 0 Å². The smallest absolute Gasteiger partial charge is 0.100 e. The van der Waals surface area contributed by atoms with Crippen molar-refractivity contribution in [2.45, 2.75) is 32.9 Å². The number of aromatic nitrogens is 2. The van der Waals surface area contributed by atoms with Crippen LogP contribution in [-0.4, -0.2) is 14.9 Å². The molecule has 0 aliphatic rings. The molecule has 2 rings (SSSR count). The van der Waals surface area contributed by atoms with Crippen LogP contribution < -0.4 is 0 Å². The van der Waals surface area contributed by atoms with Gasteiger partial charge in [-0.15, -0.1) is 11.3 Å². The third-order valence-corrected chi connectivity index (χ3v) is 4.31. The second-order valence-corrected chi connectivity index (χ2v) is 5.89. The van der Waals surface area contributed by atoms with E-state index >= 15 is 0 Å². The van der Waals surface area contributed by atoms with E-state index in [0.29, 0.717) is 6.42 Å². The summed E-state index contributed by atoms with van der Waals surface area (Å²) in [6.45, 7) is 4.77. The van der Waals surface area contributed by atoms with Crippen LogP contribution >= 0.6 is 27.3 Å². The van der Waals surface area contributed by atoms with Crippen LogP contribution in [0.15, 0.2) is 22.0 Å². The highest BCUT2D eigenvalue weighted by Gasteiger charge is 2.15. The van der Waals surface area contributed by atoms with E-state index in [1.165, 1.54) is 4.88 Å². The van der Waals surface area contributed by atoms with Gasteiger partial charge >= 0.3 is 0 Å². The topological polar surface area (TPSA) is 38.0 Å². The Hall–Kier alpha value is -0.650. The van der Waals surface area contributed by atoms with E-state index in [0.717, 1.165) is 22.4 Å². The Morgan fingerprint density at radius 3 is 2.88 bits per heavy atom. The minimum Gasteiger partial charge on any atom is -0.386 e. The number of nitrogens with zero attached hydrogens (tertiary/aromatic N) is 2. The van der Waals surface area contributed by atoms with E-state index in [1.54, 1.807) is 11.3 Å². The van der Waals surface area contributed by atoms with Gasteiger partial charge in [0, 0.05) is 27.7 Å². The summed E-state index contributed by atoms with van der Waals surface area (Å²) in [6.07, 6.45) is 0.156. The molecule has 0 bridgehead atoms. The van der Waals surface area contributed by atoms with Crippen LogP contribution in [0.5, 0.6) is 0 Å². The first kappa shape index (κ1) is 12.8. The van der Waals surface area contributed by atoms with Gasteiger partial charge in [0.15, 0.2) is 0 Å². The second kappa shape index (κ2) is 5.33. The molecule has 0 aliphatic heterocycles. The van der Waals surface area contributed by atoms with Gasteiger partial charge in [0.05, 0.1) is 11.4 Å². The van der Waals surface area contributed by atoms with E-state index in [1.807, 2.05) is 36.0 Å². The van der Waals surface area contributed by atoms with Crippen molar-refractivity contribution in [1.29, 1.82) is 0 Å². The fraction of sp³-hybridized carbons (Fsp3) is 0.417. The quantitative estimate of drug-likeness (QED) is 0.940. The predicted molar refractivity (Wildman–Crippen MR) is 73.3 cm³/mol. The van der Waals surface area contributed by atoms with Crippen LogP contribution in [0, 0.1) is 6.92 Å². The van der Waals surface area contributed by atoms with Crippen LogP contribution in [-0.2, 0) is 13.0 Å². The molecule has 0 saturated heterocycles. The van der Waals surface area contributed by atoms with Gasteiger partial charge in [0.2, 0.25) is 0 Å². The Morgan fingerprint density at radius 1 is 1.53 bits per heavy atom.